The number of nitrogens with zero attached hydrogens (tertiary/aromatic N) is 1. The molecule has 0 saturated carbocycles. The Hall–Kier alpha value is -0.830. The van der Waals surface area contributed by atoms with Crippen LogP contribution in [0, 0.1) is 0 Å². The van der Waals surface area contributed by atoms with Crippen LogP contribution in [0.5, 0.6) is 0 Å². The molecule has 0 bridgehead atoms. The first-order valence-electron chi connectivity index (χ1n) is 6.14. The van der Waals surface area contributed by atoms with Gasteiger partial charge >= 0.3 is 0 Å². The number of benzene rings is 1. The smallest absolute Gasteiger partial charge is 0.0723 e. The van der Waals surface area contributed by atoms with Crippen LogP contribution in [0.3, 0.4) is 0 Å². The lowest BCUT2D eigenvalue weighted by atomic mass is 10.3. The molecule has 0 aliphatic carbocycles. The van der Waals surface area contributed by atoms with Crippen molar-refractivity contribution in [2.75, 3.05) is 5.32 Å². The Bertz CT molecular complexity index is 541. The number of hydrogen-bond donors (Lipinski definition) is 1. The number of aromatic nitrogens is 1. The molecule has 1 heterocycles. The van der Waals surface area contributed by atoms with Crippen molar-refractivity contribution in [1.29, 1.82) is 0 Å². The van der Waals surface area contributed by atoms with Gasteiger partial charge in [0.2, 0.25) is 0 Å². The fraction of sp³-hybridized carbons (Fsp3) is 0.286. The molecule has 2 nitrogen and oxygen atoms in total. The second kappa shape index (κ2) is 6.56. The van der Waals surface area contributed by atoms with Gasteiger partial charge in [0.1, 0.15) is 0 Å². The van der Waals surface area contributed by atoms with Gasteiger partial charge < -0.3 is 9.88 Å². The Morgan fingerprint density at radius 2 is 1.84 bits per heavy atom. The van der Waals surface area contributed by atoms with Crippen LogP contribution < -0.4 is 5.32 Å². The van der Waals surface area contributed by atoms with E-state index in [9.17, 15) is 0 Å². The molecule has 0 aliphatic rings. The topological polar surface area (TPSA) is 17.0 Å². The molecule has 102 valence electrons. The van der Waals surface area contributed by atoms with Gasteiger partial charge in [0.25, 0.3) is 0 Å². The molecule has 0 aliphatic heterocycles. The predicted molar refractivity (Wildman–Crippen MR) is 83.5 cm³/mol. The molecule has 1 N–H and O–H groups in total. The summed E-state index contributed by atoms with van der Waals surface area (Å²) >= 11 is 18.2. The fourth-order valence-corrected chi connectivity index (χ4v) is 2.91. The van der Waals surface area contributed by atoms with E-state index in [-0.39, 0.29) is 0 Å². The molecular formula is C14H15Cl3N2. The molecule has 0 saturated heterocycles. The van der Waals surface area contributed by atoms with E-state index in [0.717, 1.165) is 18.7 Å². The van der Waals surface area contributed by atoms with Crippen molar-refractivity contribution < 1.29 is 0 Å². The van der Waals surface area contributed by atoms with Gasteiger partial charge in [-0.1, -0.05) is 41.7 Å². The minimum absolute atomic E-state index is 0.533. The van der Waals surface area contributed by atoms with Crippen LogP contribution in [0.25, 0.3) is 0 Å². The Labute approximate surface area is 128 Å². The summed E-state index contributed by atoms with van der Waals surface area (Å²) in [7, 11) is 0. The molecule has 19 heavy (non-hydrogen) atoms. The van der Waals surface area contributed by atoms with Crippen molar-refractivity contribution in [3.63, 3.8) is 0 Å². The molecule has 0 spiro atoms. The normalized spacial score (nSPS) is 10.7. The molecule has 0 atom stereocenters. The number of anilines is 1. The second-order valence-electron chi connectivity index (χ2n) is 4.29. The van der Waals surface area contributed by atoms with Crippen LogP contribution in [0.2, 0.25) is 15.1 Å². The fourth-order valence-electron chi connectivity index (χ4n) is 1.96. The lowest BCUT2D eigenvalue weighted by Crippen LogP contribution is -2.07. The van der Waals surface area contributed by atoms with Crippen LogP contribution in [0.15, 0.2) is 30.5 Å². The van der Waals surface area contributed by atoms with Gasteiger partial charge in [-0.05, 0) is 30.7 Å². The summed E-state index contributed by atoms with van der Waals surface area (Å²) in [5, 5.41) is 4.87. The summed E-state index contributed by atoms with van der Waals surface area (Å²) in [6.07, 6.45) is 3.18. The largest absolute Gasteiger partial charge is 0.377 e. The van der Waals surface area contributed by atoms with Crippen LogP contribution in [0.1, 0.15) is 19.0 Å². The van der Waals surface area contributed by atoms with Crippen LogP contribution in [-0.2, 0) is 13.1 Å². The van der Waals surface area contributed by atoms with Gasteiger partial charge in [-0.15, -0.1) is 0 Å². The molecule has 0 fully saturated rings. The molecule has 0 radical (unpaired) electrons. The third-order valence-corrected chi connectivity index (χ3v) is 3.66. The molecule has 0 amide bonds. The third kappa shape index (κ3) is 3.59. The summed E-state index contributed by atoms with van der Waals surface area (Å²) in [6, 6.07) is 7.49. The zero-order valence-electron chi connectivity index (χ0n) is 10.6. The van der Waals surface area contributed by atoms with Crippen LogP contribution in [-0.4, -0.2) is 4.57 Å². The molecule has 1 aromatic heterocycles. The van der Waals surface area contributed by atoms with E-state index in [2.05, 4.69) is 29.1 Å². The van der Waals surface area contributed by atoms with Crippen LogP contribution >= 0.6 is 34.8 Å². The van der Waals surface area contributed by atoms with Crippen molar-refractivity contribution in [2.24, 2.45) is 0 Å². The highest BCUT2D eigenvalue weighted by atomic mass is 35.5. The molecule has 1 aromatic carbocycles. The zero-order valence-corrected chi connectivity index (χ0v) is 12.9. The van der Waals surface area contributed by atoms with E-state index in [0.29, 0.717) is 21.6 Å². The average Bonchev–Trinajstić information content (AvgIpc) is 2.76. The Morgan fingerprint density at radius 3 is 2.47 bits per heavy atom. The highest BCUT2D eigenvalue weighted by molar-refractivity contribution is 6.41. The number of rotatable bonds is 5. The lowest BCUT2D eigenvalue weighted by molar-refractivity contribution is 0.654. The second-order valence-corrected chi connectivity index (χ2v) is 5.54. The maximum Gasteiger partial charge on any atom is 0.0723 e. The summed E-state index contributed by atoms with van der Waals surface area (Å²) in [6.45, 7) is 3.84. The summed E-state index contributed by atoms with van der Waals surface area (Å²) in [4.78, 5) is 0. The van der Waals surface area contributed by atoms with Crippen molar-refractivity contribution >= 4 is 40.5 Å². The monoisotopic (exact) mass is 316 g/mol. The standard InChI is InChI=1S/C14H15Cl3N2/c1-2-5-19-6-3-4-11(19)9-18-14-12(16)7-10(15)8-13(14)17/h3-4,6-8,18H,2,5,9H2,1H3. The number of nitrogens with one attached hydrogen (secondary N) is 1. The van der Waals surface area contributed by atoms with E-state index in [1.54, 1.807) is 12.1 Å². The summed E-state index contributed by atoms with van der Waals surface area (Å²) < 4.78 is 2.21. The quantitative estimate of drug-likeness (QED) is 0.773. The van der Waals surface area contributed by atoms with Gasteiger partial charge in [0.15, 0.2) is 0 Å². The first-order valence-corrected chi connectivity index (χ1v) is 7.27. The van der Waals surface area contributed by atoms with E-state index in [1.165, 1.54) is 5.69 Å². The first-order chi connectivity index (χ1) is 9.11. The maximum atomic E-state index is 6.14. The lowest BCUT2D eigenvalue weighted by Gasteiger charge is -2.13. The maximum absolute atomic E-state index is 6.14. The highest BCUT2D eigenvalue weighted by Gasteiger charge is 2.08. The predicted octanol–water partition coefficient (Wildman–Crippen LogP) is 5.47. The summed E-state index contributed by atoms with van der Waals surface area (Å²) in [5.74, 6) is 0. The van der Waals surface area contributed by atoms with Crippen molar-refractivity contribution in [1.82, 2.24) is 4.57 Å². The molecule has 0 unspecified atom stereocenters. The van der Waals surface area contributed by atoms with Crippen molar-refractivity contribution in [3.8, 4) is 0 Å². The summed E-state index contributed by atoms with van der Waals surface area (Å²) in [5.41, 5.74) is 1.92. The number of halogens is 3. The average molecular weight is 318 g/mol. The minimum atomic E-state index is 0.533. The first kappa shape index (κ1) is 14.6. The Morgan fingerprint density at radius 1 is 1.16 bits per heavy atom. The van der Waals surface area contributed by atoms with Gasteiger partial charge in [-0.2, -0.15) is 0 Å². The van der Waals surface area contributed by atoms with Gasteiger partial charge in [0.05, 0.1) is 22.3 Å². The number of hydrogen-bond acceptors (Lipinski definition) is 1. The minimum Gasteiger partial charge on any atom is -0.377 e. The van der Waals surface area contributed by atoms with Crippen molar-refractivity contribution in [2.45, 2.75) is 26.4 Å². The zero-order chi connectivity index (χ0) is 13.8. The van der Waals surface area contributed by atoms with Gasteiger partial charge in [0, 0.05) is 23.5 Å². The van der Waals surface area contributed by atoms with Crippen LogP contribution in [0.4, 0.5) is 5.69 Å². The van der Waals surface area contributed by atoms with E-state index < -0.39 is 0 Å². The Kier molecular flexibility index (Phi) is 5.03. The SMILES string of the molecule is CCCn1cccc1CNc1c(Cl)cc(Cl)cc1Cl. The highest BCUT2D eigenvalue weighted by Crippen LogP contribution is 2.33. The third-order valence-electron chi connectivity index (χ3n) is 2.84. The van der Waals surface area contributed by atoms with Crippen molar-refractivity contribution in [3.05, 3.63) is 51.2 Å². The molecular weight excluding hydrogens is 303 g/mol. The van der Waals surface area contributed by atoms with E-state index in [4.69, 9.17) is 34.8 Å². The van der Waals surface area contributed by atoms with Gasteiger partial charge in [-0.3, -0.25) is 0 Å². The molecule has 5 heteroatoms. The van der Waals surface area contributed by atoms with E-state index >= 15 is 0 Å². The van der Waals surface area contributed by atoms with E-state index in [1.807, 2.05) is 6.07 Å². The Balaban J connectivity index is 2.12. The van der Waals surface area contributed by atoms with Gasteiger partial charge in [-0.25, -0.2) is 0 Å². The molecule has 2 rings (SSSR count). The number of aryl methyl sites for hydroxylation is 1. The molecule has 2 aromatic rings.